The second-order valence-electron chi connectivity index (χ2n) is 4.71. The summed E-state index contributed by atoms with van der Waals surface area (Å²) < 4.78 is 0. The van der Waals surface area contributed by atoms with Gasteiger partial charge < -0.3 is 11.1 Å². The molecule has 0 aliphatic rings. The van der Waals surface area contributed by atoms with Gasteiger partial charge in [-0.1, -0.05) is 32.0 Å². The number of nitrogens with two attached hydrogens (primary N) is 1. The highest BCUT2D eigenvalue weighted by atomic mass is 15.1. The topological polar surface area (TPSA) is 50.9 Å². The molecule has 96 valence electrons. The SMILES string of the molecule is CCC(CC)(CN)Nc1ccc2ccccc2n1. The van der Waals surface area contributed by atoms with Crippen molar-refractivity contribution < 1.29 is 0 Å². The van der Waals surface area contributed by atoms with E-state index in [1.165, 1.54) is 0 Å². The molecule has 0 saturated carbocycles. The smallest absolute Gasteiger partial charge is 0.127 e. The summed E-state index contributed by atoms with van der Waals surface area (Å²) in [6.45, 7) is 4.93. The molecule has 18 heavy (non-hydrogen) atoms. The first-order valence-electron chi connectivity index (χ1n) is 6.57. The van der Waals surface area contributed by atoms with E-state index in [2.05, 4.69) is 36.3 Å². The predicted octanol–water partition coefficient (Wildman–Crippen LogP) is 3.16. The lowest BCUT2D eigenvalue weighted by atomic mass is 9.93. The summed E-state index contributed by atoms with van der Waals surface area (Å²) in [6, 6.07) is 12.3. The maximum absolute atomic E-state index is 5.90. The van der Waals surface area contributed by atoms with Gasteiger partial charge in [0, 0.05) is 11.9 Å². The molecule has 0 aliphatic carbocycles. The molecule has 0 saturated heterocycles. The Bertz CT molecular complexity index is 510. The average molecular weight is 243 g/mol. The number of pyridine rings is 1. The summed E-state index contributed by atoms with van der Waals surface area (Å²) in [5, 5.41) is 4.66. The van der Waals surface area contributed by atoms with Gasteiger partial charge in [-0.05, 0) is 31.0 Å². The van der Waals surface area contributed by atoms with Crippen LogP contribution in [0.2, 0.25) is 0 Å². The van der Waals surface area contributed by atoms with E-state index in [1.807, 2.05) is 24.3 Å². The van der Waals surface area contributed by atoms with Crippen LogP contribution in [0, 0.1) is 0 Å². The van der Waals surface area contributed by atoms with Crippen LogP contribution in [0.1, 0.15) is 26.7 Å². The molecular weight excluding hydrogens is 222 g/mol. The van der Waals surface area contributed by atoms with Crippen molar-refractivity contribution in [3.63, 3.8) is 0 Å². The summed E-state index contributed by atoms with van der Waals surface area (Å²) in [5.74, 6) is 0.905. The first-order valence-corrected chi connectivity index (χ1v) is 6.57. The first kappa shape index (κ1) is 12.8. The van der Waals surface area contributed by atoms with E-state index in [4.69, 9.17) is 5.73 Å². The number of benzene rings is 1. The Morgan fingerprint density at radius 2 is 1.83 bits per heavy atom. The molecule has 0 atom stereocenters. The quantitative estimate of drug-likeness (QED) is 0.848. The molecule has 1 aromatic heterocycles. The zero-order valence-corrected chi connectivity index (χ0v) is 11.1. The Morgan fingerprint density at radius 3 is 2.50 bits per heavy atom. The number of nitrogens with one attached hydrogen (secondary N) is 1. The van der Waals surface area contributed by atoms with Crippen LogP contribution < -0.4 is 11.1 Å². The second kappa shape index (κ2) is 5.36. The molecule has 0 unspecified atom stereocenters. The summed E-state index contributed by atoms with van der Waals surface area (Å²) >= 11 is 0. The Kier molecular flexibility index (Phi) is 3.82. The molecule has 1 heterocycles. The minimum Gasteiger partial charge on any atom is -0.363 e. The van der Waals surface area contributed by atoms with Crippen LogP contribution in [0.25, 0.3) is 10.9 Å². The van der Waals surface area contributed by atoms with E-state index < -0.39 is 0 Å². The molecule has 2 aromatic rings. The average Bonchev–Trinajstić information content (AvgIpc) is 2.45. The predicted molar refractivity (Wildman–Crippen MR) is 77.7 cm³/mol. The Morgan fingerprint density at radius 1 is 1.11 bits per heavy atom. The zero-order valence-electron chi connectivity index (χ0n) is 11.1. The molecular formula is C15H21N3. The van der Waals surface area contributed by atoms with Crippen LogP contribution in [-0.2, 0) is 0 Å². The van der Waals surface area contributed by atoms with Crippen LogP contribution in [0.5, 0.6) is 0 Å². The van der Waals surface area contributed by atoms with Gasteiger partial charge in [0.05, 0.1) is 11.1 Å². The lowest BCUT2D eigenvalue weighted by molar-refractivity contribution is 0.444. The lowest BCUT2D eigenvalue weighted by Crippen LogP contribution is -2.44. The molecule has 0 aliphatic heterocycles. The Hall–Kier alpha value is -1.61. The Balaban J connectivity index is 2.31. The third kappa shape index (κ3) is 2.46. The van der Waals surface area contributed by atoms with E-state index in [-0.39, 0.29) is 5.54 Å². The van der Waals surface area contributed by atoms with Crippen LogP contribution in [0.15, 0.2) is 36.4 Å². The fraction of sp³-hybridized carbons (Fsp3) is 0.400. The van der Waals surface area contributed by atoms with Crippen molar-refractivity contribution in [2.75, 3.05) is 11.9 Å². The van der Waals surface area contributed by atoms with E-state index in [9.17, 15) is 0 Å². The summed E-state index contributed by atoms with van der Waals surface area (Å²) in [6.07, 6.45) is 1.99. The zero-order chi connectivity index (χ0) is 13.0. The van der Waals surface area contributed by atoms with Crippen molar-refractivity contribution in [1.29, 1.82) is 0 Å². The minimum atomic E-state index is -0.0462. The summed E-state index contributed by atoms with van der Waals surface area (Å²) in [5.41, 5.74) is 6.87. The lowest BCUT2D eigenvalue weighted by Gasteiger charge is -2.32. The number of fused-ring (bicyclic) bond motifs is 1. The molecule has 0 amide bonds. The van der Waals surface area contributed by atoms with E-state index in [1.54, 1.807) is 0 Å². The van der Waals surface area contributed by atoms with Crippen LogP contribution in [0.3, 0.4) is 0 Å². The molecule has 0 bridgehead atoms. The summed E-state index contributed by atoms with van der Waals surface area (Å²) in [7, 11) is 0. The van der Waals surface area contributed by atoms with Crippen molar-refractivity contribution in [3.05, 3.63) is 36.4 Å². The van der Waals surface area contributed by atoms with Crippen LogP contribution in [0.4, 0.5) is 5.82 Å². The molecule has 3 N–H and O–H groups in total. The van der Waals surface area contributed by atoms with Gasteiger partial charge in [0.15, 0.2) is 0 Å². The van der Waals surface area contributed by atoms with Gasteiger partial charge in [-0.3, -0.25) is 0 Å². The Labute approximate surface area is 108 Å². The molecule has 3 heteroatoms. The van der Waals surface area contributed by atoms with Gasteiger partial charge in [-0.15, -0.1) is 0 Å². The standard InChI is InChI=1S/C15H21N3/c1-3-15(4-2,11-16)18-14-10-9-12-7-5-6-8-13(12)17-14/h5-10H,3-4,11,16H2,1-2H3,(H,17,18). The molecule has 2 rings (SSSR count). The molecule has 0 spiro atoms. The first-order chi connectivity index (χ1) is 8.73. The number of hydrogen-bond donors (Lipinski definition) is 2. The highest BCUT2D eigenvalue weighted by Crippen LogP contribution is 2.22. The van der Waals surface area contributed by atoms with Gasteiger partial charge in [-0.25, -0.2) is 4.98 Å². The number of aromatic nitrogens is 1. The minimum absolute atomic E-state index is 0.0462. The van der Waals surface area contributed by atoms with Gasteiger partial charge in [0.25, 0.3) is 0 Å². The van der Waals surface area contributed by atoms with Crippen molar-refractivity contribution in [1.82, 2.24) is 4.98 Å². The monoisotopic (exact) mass is 243 g/mol. The highest BCUT2D eigenvalue weighted by molar-refractivity contribution is 5.80. The van der Waals surface area contributed by atoms with Crippen molar-refractivity contribution in [2.24, 2.45) is 5.73 Å². The fourth-order valence-corrected chi connectivity index (χ4v) is 2.17. The van der Waals surface area contributed by atoms with Crippen LogP contribution in [-0.4, -0.2) is 17.1 Å². The molecule has 0 fully saturated rings. The normalized spacial score (nSPS) is 11.7. The number of nitrogens with zero attached hydrogens (tertiary/aromatic N) is 1. The number of hydrogen-bond acceptors (Lipinski definition) is 3. The van der Waals surface area contributed by atoms with E-state index in [0.29, 0.717) is 6.54 Å². The fourth-order valence-electron chi connectivity index (χ4n) is 2.17. The number of anilines is 1. The van der Waals surface area contributed by atoms with E-state index >= 15 is 0 Å². The number of para-hydroxylation sites is 1. The van der Waals surface area contributed by atoms with Crippen LogP contribution >= 0.6 is 0 Å². The van der Waals surface area contributed by atoms with Crippen molar-refractivity contribution in [3.8, 4) is 0 Å². The van der Waals surface area contributed by atoms with Gasteiger partial charge >= 0.3 is 0 Å². The van der Waals surface area contributed by atoms with Gasteiger partial charge in [0.1, 0.15) is 5.82 Å². The van der Waals surface area contributed by atoms with Crippen molar-refractivity contribution in [2.45, 2.75) is 32.2 Å². The maximum Gasteiger partial charge on any atom is 0.127 e. The van der Waals surface area contributed by atoms with Crippen molar-refractivity contribution >= 4 is 16.7 Å². The maximum atomic E-state index is 5.90. The highest BCUT2D eigenvalue weighted by Gasteiger charge is 2.24. The molecule has 1 aromatic carbocycles. The van der Waals surface area contributed by atoms with E-state index in [0.717, 1.165) is 29.6 Å². The third-order valence-corrected chi connectivity index (χ3v) is 3.74. The molecule has 0 radical (unpaired) electrons. The largest absolute Gasteiger partial charge is 0.363 e. The molecule has 3 nitrogen and oxygen atoms in total. The summed E-state index contributed by atoms with van der Waals surface area (Å²) in [4.78, 5) is 4.64. The number of rotatable bonds is 5. The third-order valence-electron chi connectivity index (χ3n) is 3.74. The van der Waals surface area contributed by atoms with Gasteiger partial charge in [-0.2, -0.15) is 0 Å². The van der Waals surface area contributed by atoms with Gasteiger partial charge in [0.2, 0.25) is 0 Å². The second-order valence-corrected chi connectivity index (χ2v) is 4.71.